The molecule has 0 spiro atoms. The Bertz CT molecular complexity index is 2290. The minimum atomic E-state index is -2.80. The summed E-state index contributed by atoms with van der Waals surface area (Å²) in [5.41, 5.74) is 0. The molecular formula is C48H65FO32. The van der Waals surface area contributed by atoms with Gasteiger partial charge in [-0.25, -0.2) is 4.39 Å². The van der Waals surface area contributed by atoms with Gasteiger partial charge in [-0.1, -0.05) is 0 Å². The van der Waals surface area contributed by atoms with Crippen molar-refractivity contribution in [3.8, 4) is 0 Å². The lowest BCUT2D eigenvalue weighted by Crippen LogP contribution is -2.68. The Balaban J connectivity index is 1.91. The van der Waals surface area contributed by atoms with Crippen LogP contribution in [0.2, 0.25) is 0 Å². The Hall–Kier alpha value is -6.75. The Morgan fingerprint density at radius 2 is 0.580 bits per heavy atom. The first kappa shape index (κ1) is 66.8. The van der Waals surface area contributed by atoms with Gasteiger partial charge < -0.3 is 95.1 Å². The Labute approximate surface area is 460 Å². The number of aliphatic hydroxyl groups excluding tert-OH is 1. The highest BCUT2D eigenvalue weighted by Gasteiger charge is 2.60. The largest absolute Gasteiger partial charge is 0.463 e. The van der Waals surface area contributed by atoms with Crippen LogP contribution in [-0.2, 0) is 148 Å². The summed E-state index contributed by atoms with van der Waals surface area (Å²) in [5.74, 6) is -12.4. The third-order valence-electron chi connectivity index (χ3n) is 11.5. The van der Waals surface area contributed by atoms with E-state index in [0.29, 0.717) is 0 Å². The molecule has 0 aliphatic carbocycles. The molecule has 33 heteroatoms. The predicted molar refractivity (Wildman–Crippen MR) is 247 cm³/mol. The maximum absolute atomic E-state index is 16.8. The number of esters is 12. The standard InChI is InChI=1S/C48H65FO32/c1-17(50)63-13-29-34(67-20(4)53)33(62)38(71-24(8)57)47(78-29)81-41-37(70-23(7)56)32(15-65-19(3)52)79-48(44(41)75-28(12)61)80-39-35(68-21(5)54)30(76-45(49)42(39)73-26(10)59)16-66-46-43(74-27(11)60)40(72-25(9)58)36(69-22(6)55)31(77-46)14-64-18(2)51/h29-48,62H,13-16H2,1-12H3/t29-,30-,31-,32-,33+,34-,35-,36-,37-,38-,39+,40+,41+,42-,43-,44-,45+,46-,47+,48+/m1/s1. The number of ether oxygens (including phenoxy) is 19. The van der Waals surface area contributed by atoms with E-state index < -0.39 is 221 Å². The van der Waals surface area contributed by atoms with Crippen LogP contribution in [0.3, 0.4) is 0 Å². The molecule has 0 aromatic heterocycles. The van der Waals surface area contributed by atoms with Gasteiger partial charge in [-0.3, -0.25) is 57.5 Å². The van der Waals surface area contributed by atoms with E-state index in [1.54, 1.807) is 0 Å². The van der Waals surface area contributed by atoms with E-state index in [4.69, 9.17) is 90.0 Å². The zero-order valence-corrected chi connectivity index (χ0v) is 45.9. The number of carbonyl (C=O) groups excluding carboxylic acids is 12. The molecule has 456 valence electrons. The van der Waals surface area contributed by atoms with Crippen LogP contribution in [0, 0.1) is 0 Å². The summed E-state index contributed by atoms with van der Waals surface area (Å²) in [6.45, 7) is 7.85. The van der Waals surface area contributed by atoms with Gasteiger partial charge in [0.2, 0.25) is 6.36 Å². The second-order valence-electron chi connectivity index (χ2n) is 18.3. The lowest BCUT2D eigenvalue weighted by molar-refractivity contribution is -0.379. The quantitative estimate of drug-likeness (QED) is 0.0912. The van der Waals surface area contributed by atoms with Gasteiger partial charge in [-0.05, 0) is 0 Å². The first-order valence-corrected chi connectivity index (χ1v) is 24.7. The van der Waals surface area contributed by atoms with Gasteiger partial charge in [0.15, 0.2) is 73.8 Å². The Morgan fingerprint density at radius 1 is 0.309 bits per heavy atom. The van der Waals surface area contributed by atoms with Crippen molar-refractivity contribution in [1.82, 2.24) is 0 Å². The Kier molecular flexibility index (Phi) is 25.0. The second-order valence-corrected chi connectivity index (χ2v) is 18.3. The molecule has 0 aromatic rings. The molecule has 20 atom stereocenters. The number of hydrogen-bond acceptors (Lipinski definition) is 32. The van der Waals surface area contributed by atoms with Gasteiger partial charge in [-0.2, -0.15) is 0 Å². The molecule has 0 unspecified atom stereocenters. The van der Waals surface area contributed by atoms with Gasteiger partial charge in [0.1, 0.15) is 62.5 Å². The highest BCUT2D eigenvalue weighted by Crippen LogP contribution is 2.39. The fraction of sp³-hybridized carbons (Fsp3) is 0.750. The number of alkyl halides is 1. The fourth-order valence-corrected chi connectivity index (χ4v) is 8.75. The average molecular weight is 1170 g/mol. The maximum Gasteiger partial charge on any atom is 0.303 e. The zero-order chi connectivity index (χ0) is 60.7. The van der Waals surface area contributed by atoms with Crippen LogP contribution < -0.4 is 0 Å². The zero-order valence-electron chi connectivity index (χ0n) is 45.9. The molecule has 0 aromatic carbocycles. The van der Waals surface area contributed by atoms with E-state index in [1.807, 2.05) is 0 Å². The monoisotopic (exact) mass is 1170 g/mol. The fourth-order valence-electron chi connectivity index (χ4n) is 8.75. The molecule has 0 bridgehead atoms. The van der Waals surface area contributed by atoms with Crippen LogP contribution in [0.4, 0.5) is 4.39 Å². The van der Waals surface area contributed by atoms with Crippen LogP contribution in [0.5, 0.6) is 0 Å². The number of aliphatic hydroxyl groups is 1. The summed E-state index contributed by atoms with van der Waals surface area (Å²) in [5, 5.41) is 11.7. The molecule has 4 rings (SSSR count). The number of rotatable bonds is 22. The van der Waals surface area contributed by atoms with Crippen molar-refractivity contribution in [1.29, 1.82) is 0 Å². The minimum absolute atomic E-state index is 0.700. The highest BCUT2D eigenvalue weighted by molar-refractivity contribution is 5.70. The van der Waals surface area contributed by atoms with E-state index in [0.717, 1.165) is 83.1 Å². The van der Waals surface area contributed by atoms with Crippen molar-refractivity contribution in [2.75, 3.05) is 26.4 Å². The third-order valence-corrected chi connectivity index (χ3v) is 11.5. The Morgan fingerprint density at radius 3 is 0.975 bits per heavy atom. The first-order valence-electron chi connectivity index (χ1n) is 24.7. The molecule has 81 heavy (non-hydrogen) atoms. The van der Waals surface area contributed by atoms with Crippen LogP contribution >= 0.6 is 0 Å². The SMILES string of the molecule is CC(=O)OC[C@H]1O[C@@H](O[C@@H]2[C@@H](OC(C)=O)[C@H](O[C@@H]3[C@@H](OC(C)=O)[C@@H](F)O[C@H](CO[C@@H]4O[C@H](COC(C)=O)[C@@H](OC(C)=O)[C@H](OC(C)=O)[C@H]4OC(C)=O)[C@H]3OC(C)=O)O[C@H](COC(C)=O)[C@H]2OC(C)=O)[C@H](OC(C)=O)[C@@H](O)[C@@H]1OC(C)=O. The van der Waals surface area contributed by atoms with Crippen LogP contribution in [0.25, 0.3) is 0 Å². The summed E-state index contributed by atoms with van der Waals surface area (Å²) in [6, 6.07) is 0. The minimum Gasteiger partial charge on any atom is -0.463 e. The van der Waals surface area contributed by atoms with Crippen molar-refractivity contribution < 1.29 is 157 Å². The van der Waals surface area contributed by atoms with Crippen LogP contribution in [0.1, 0.15) is 83.1 Å². The summed E-state index contributed by atoms with van der Waals surface area (Å²) in [4.78, 5) is 150. The van der Waals surface area contributed by atoms with Crippen molar-refractivity contribution in [2.24, 2.45) is 0 Å². The normalized spacial score (nSPS) is 33.6. The molecule has 0 radical (unpaired) electrons. The van der Waals surface area contributed by atoms with Gasteiger partial charge in [0.25, 0.3) is 0 Å². The highest BCUT2D eigenvalue weighted by atomic mass is 19.1. The van der Waals surface area contributed by atoms with E-state index >= 15 is 4.39 Å². The van der Waals surface area contributed by atoms with Crippen LogP contribution in [0.15, 0.2) is 0 Å². The van der Waals surface area contributed by atoms with Gasteiger partial charge in [0, 0.05) is 83.1 Å². The van der Waals surface area contributed by atoms with E-state index in [-0.39, 0.29) is 0 Å². The molecule has 0 amide bonds. The molecule has 0 saturated carbocycles. The number of carbonyl (C=O) groups is 12. The molecule has 4 heterocycles. The molecule has 4 aliphatic rings. The smallest absolute Gasteiger partial charge is 0.303 e. The summed E-state index contributed by atoms with van der Waals surface area (Å²) >= 11 is 0. The second kappa shape index (κ2) is 30.3. The molecule has 4 fully saturated rings. The third kappa shape index (κ3) is 19.7. The van der Waals surface area contributed by atoms with Crippen molar-refractivity contribution in [3.63, 3.8) is 0 Å². The molecule has 32 nitrogen and oxygen atoms in total. The number of halogens is 1. The predicted octanol–water partition coefficient (Wildman–Crippen LogP) is -1.92. The van der Waals surface area contributed by atoms with Crippen molar-refractivity contribution in [2.45, 2.75) is 206 Å². The molecule has 4 aliphatic heterocycles. The van der Waals surface area contributed by atoms with E-state index in [9.17, 15) is 62.6 Å². The summed E-state index contributed by atoms with van der Waals surface area (Å²) in [6.07, 6.45) is -40.0. The summed E-state index contributed by atoms with van der Waals surface area (Å²) < 4.78 is 124. The van der Waals surface area contributed by atoms with Crippen molar-refractivity contribution >= 4 is 71.6 Å². The van der Waals surface area contributed by atoms with E-state index in [2.05, 4.69) is 0 Å². The molecule has 4 saturated heterocycles. The molecule has 1 N–H and O–H groups in total. The van der Waals surface area contributed by atoms with Gasteiger partial charge in [0.05, 0.1) is 6.61 Å². The van der Waals surface area contributed by atoms with Gasteiger partial charge in [-0.15, -0.1) is 0 Å². The lowest BCUT2D eigenvalue weighted by atomic mass is 9.95. The topological polar surface area (TPSA) is 400 Å². The maximum atomic E-state index is 16.8. The molecular weight excluding hydrogens is 1110 g/mol. The lowest BCUT2D eigenvalue weighted by Gasteiger charge is -2.50. The first-order chi connectivity index (χ1) is 37.9. The summed E-state index contributed by atoms with van der Waals surface area (Å²) in [7, 11) is 0. The average Bonchev–Trinajstić information content (AvgIpc) is 3.32. The van der Waals surface area contributed by atoms with Gasteiger partial charge >= 0.3 is 71.6 Å². The van der Waals surface area contributed by atoms with Crippen LogP contribution in [-0.4, -0.2) is 226 Å². The van der Waals surface area contributed by atoms with E-state index in [1.165, 1.54) is 0 Å². The number of hydrogen-bond donors (Lipinski definition) is 1. The van der Waals surface area contributed by atoms with Crippen molar-refractivity contribution in [3.05, 3.63) is 0 Å².